The number of amides is 2. The molecular weight excluding hydrogens is 406 g/mol. The molecule has 0 saturated carbocycles. The van der Waals surface area contributed by atoms with Gasteiger partial charge in [-0.05, 0) is 31.7 Å². The highest BCUT2D eigenvalue weighted by Crippen LogP contribution is 2.27. The zero-order valence-electron chi connectivity index (χ0n) is 19.8. The van der Waals surface area contributed by atoms with E-state index in [4.69, 9.17) is 4.74 Å². The minimum Gasteiger partial charge on any atom is -0.447 e. The lowest BCUT2D eigenvalue weighted by Gasteiger charge is -2.29. The lowest BCUT2D eigenvalue weighted by molar-refractivity contribution is -0.137. The molecule has 1 fully saturated rings. The molecule has 0 unspecified atom stereocenters. The number of rotatable bonds is 11. The van der Waals surface area contributed by atoms with Crippen LogP contribution in [0.5, 0.6) is 0 Å². The molecule has 1 N–H and O–H groups in total. The predicted octanol–water partition coefficient (Wildman–Crippen LogP) is 5.35. The summed E-state index contributed by atoms with van der Waals surface area (Å²) in [6, 6.07) is 9.48. The van der Waals surface area contributed by atoms with E-state index in [9.17, 15) is 14.7 Å². The summed E-state index contributed by atoms with van der Waals surface area (Å²) in [7, 11) is -1.46. The van der Waals surface area contributed by atoms with Gasteiger partial charge in [-0.15, -0.1) is 0 Å². The SMILES string of the molecule is CCCCC[C@H](O)[C@@H](C/C(C)=C/[Si](C)(C)C)C(=O)N1C(=O)OC[C@H]1Cc1ccccc1. The first-order chi connectivity index (χ1) is 14.6. The highest BCUT2D eigenvalue weighted by atomic mass is 28.3. The van der Waals surface area contributed by atoms with Gasteiger partial charge in [0.05, 0.1) is 26.1 Å². The average molecular weight is 446 g/mol. The van der Waals surface area contributed by atoms with Crippen LogP contribution in [0.4, 0.5) is 4.79 Å². The number of nitrogens with zero attached hydrogens (tertiary/aromatic N) is 1. The minimum atomic E-state index is -1.46. The van der Waals surface area contributed by atoms with Gasteiger partial charge in [0, 0.05) is 0 Å². The van der Waals surface area contributed by atoms with Crippen LogP contribution in [0, 0.1) is 5.92 Å². The molecule has 1 aromatic rings. The largest absolute Gasteiger partial charge is 0.447 e. The summed E-state index contributed by atoms with van der Waals surface area (Å²) in [6.07, 6.45) is 3.17. The average Bonchev–Trinajstić information content (AvgIpc) is 3.05. The van der Waals surface area contributed by atoms with Gasteiger partial charge in [0.2, 0.25) is 5.91 Å². The number of unbranched alkanes of at least 4 members (excludes halogenated alkanes) is 2. The zero-order chi connectivity index (χ0) is 23.0. The fourth-order valence-electron chi connectivity index (χ4n) is 4.28. The topological polar surface area (TPSA) is 66.8 Å². The van der Waals surface area contributed by atoms with Crippen LogP contribution in [0.15, 0.2) is 41.6 Å². The van der Waals surface area contributed by atoms with Gasteiger partial charge in [-0.3, -0.25) is 4.79 Å². The molecule has 0 aliphatic carbocycles. The summed E-state index contributed by atoms with van der Waals surface area (Å²) >= 11 is 0. The maximum atomic E-state index is 13.6. The van der Waals surface area contributed by atoms with Gasteiger partial charge in [0.25, 0.3) is 0 Å². The lowest BCUT2D eigenvalue weighted by Crippen LogP contribution is -2.46. The van der Waals surface area contributed by atoms with Crippen LogP contribution in [-0.2, 0) is 16.0 Å². The number of aliphatic hydroxyl groups is 1. The van der Waals surface area contributed by atoms with Crippen LogP contribution in [-0.4, -0.2) is 48.8 Å². The van der Waals surface area contributed by atoms with Crippen molar-refractivity contribution in [3.05, 3.63) is 47.2 Å². The van der Waals surface area contributed by atoms with Gasteiger partial charge in [-0.25, -0.2) is 9.69 Å². The molecule has 5 nitrogen and oxygen atoms in total. The standard InChI is InChI=1S/C25H39NO4Si/c1-6-7-9-14-23(27)22(15-19(2)18-31(3,4)5)24(28)26-21(17-30-25(26)29)16-20-12-10-8-11-13-20/h8,10-13,18,21-23,27H,6-7,9,14-17H2,1-5H3/b19-18+/t21-,22-,23+/m1/s1. The van der Waals surface area contributed by atoms with E-state index < -0.39 is 26.2 Å². The molecular formula is C25H39NO4Si. The molecule has 31 heavy (non-hydrogen) atoms. The van der Waals surface area contributed by atoms with Gasteiger partial charge >= 0.3 is 6.09 Å². The monoisotopic (exact) mass is 445 g/mol. The Morgan fingerprint density at radius 3 is 2.55 bits per heavy atom. The van der Waals surface area contributed by atoms with Crippen molar-refractivity contribution in [2.24, 2.45) is 5.92 Å². The van der Waals surface area contributed by atoms with E-state index in [1.807, 2.05) is 37.3 Å². The number of cyclic esters (lactones) is 1. The van der Waals surface area contributed by atoms with Crippen LogP contribution in [0.3, 0.4) is 0 Å². The second kappa shape index (κ2) is 11.6. The molecule has 2 rings (SSSR count). The van der Waals surface area contributed by atoms with E-state index in [1.165, 1.54) is 4.90 Å². The van der Waals surface area contributed by atoms with Crippen molar-refractivity contribution < 1.29 is 19.4 Å². The molecule has 1 aromatic carbocycles. The molecule has 1 heterocycles. The second-order valence-electron chi connectivity index (χ2n) is 9.86. The molecule has 0 bridgehead atoms. The third-order valence-corrected chi connectivity index (χ3v) is 6.98. The Bertz CT molecular complexity index is 757. The number of imide groups is 1. The van der Waals surface area contributed by atoms with Crippen molar-refractivity contribution in [2.45, 2.75) is 84.2 Å². The van der Waals surface area contributed by atoms with Crippen LogP contribution in [0.2, 0.25) is 19.6 Å². The van der Waals surface area contributed by atoms with E-state index >= 15 is 0 Å². The second-order valence-corrected chi connectivity index (χ2v) is 14.9. The first-order valence-electron chi connectivity index (χ1n) is 11.5. The molecule has 0 radical (unpaired) electrons. The summed E-state index contributed by atoms with van der Waals surface area (Å²) in [5, 5.41) is 11.0. The van der Waals surface area contributed by atoms with Gasteiger partial charge in [0.1, 0.15) is 6.61 Å². The van der Waals surface area contributed by atoms with Crippen molar-refractivity contribution in [3.63, 3.8) is 0 Å². The number of benzene rings is 1. The van der Waals surface area contributed by atoms with Crippen LogP contribution in [0.25, 0.3) is 0 Å². The fraction of sp³-hybridized carbons (Fsp3) is 0.600. The summed E-state index contributed by atoms with van der Waals surface area (Å²) < 4.78 is 5.26. The summed E-state index contributed by atoms with van der Waals surface area (Å²) in [4.78, 5) is 27.4. The Hall–Kier alpha value is -1.92. The Labute approximate surface area is 188 Å². The number of carbonyl (C=O) groups is 2. The van der Waals surface area contributed by atoms with Crippen LogP contribution in [0.1, 0.15) is 51.5 Å². The number of aliphatic hydroxyl groups excluding tert-OH is 1. The molecule has 1 saturated heterocycles. The highest BCUT2D eigenvalue weighted by molar-refractivity contribution is 6.81. The lowest BCUT2D eigenvalue weighted by atomic mass is 9.89. The molecule has 1 aliphatic rings. The maximum Gasteiger partial charge on any atom is 0.416 e. The van der Waals surface area contributed by atoms with Gasteiger partial charge in [0.15, 0.2) is 0 Å². The predicted molar refractivity (Wildman–Crippen MR) is 127 cm³/mol. The summed E-state index contributed by atoms with van der Waals surface area (Å²) in [5.74, 6) is -0.941. The number of hydrogen-bond donors (Lipinski definition) is 1. The molecule has 2 amide bonds. The first kappa shape index (κ1) is 25.3. The number of carbonyl (C=O) groups excluding carboxylic acids is 2. The van der Waals surface area contributed by atoms with E-state index in [-0.39, 0.29) is 18.6 Å². The van der Waals surface area contributed by atoms with Crippen molar-refractivity contribution in [1.29, 1.82) is 0 Å². The Balaban J connectivity index is 2.23. The van der Waals surface area contributed by atoms with Gasteiger partial charge in [-0.2, -0.15) is 0 Å². The number of allylic oxidation sites excluding steroid dienone is 1. The normalized spacial score (nSPS) is 19.3. The number of ether oxygens (including phenoxy) is 1. The molecule has 6 heteroatoms. The highest BCUT2D eigenvalue weighted by Gasteiger charge is 2.42. The van der Waals surface area contributed by atoms with E-state index in [2.05, 4.69) is 32.3 Å². The molecule has 0 spiro atoms. The van der Waals surface area contributed by atoms with Crippen molar-refractivity contribution in [1.82, 2.24) is 4.90 Å². The smallest absolute Gasteiger partial charge is 0.416 e. The number of hydrogen-bond acceptors (Lipinski definition) is 4. The summed E-state index contributed by atoms with van der Waals surface area (Å²) in [5.41, 5.74) is 4.44. The summed E-state index contributed by atoms with van der Waals surface area (Å²) in [6.45, 7) is 11.1. The quantitative estimate of drug-likeness (QED) is 0.368. The van der Waals surface area contributed by atoms with Gasteiger partial charge < -0.3 is 9.84 Å². The Kier molecular flexibility index (Phi) is 9.50. The van der Waals surface area contributed by atoms with Crippen LogP contribution >= 0.6 is 0 Å². The Morgan fingerprint density at radius 1 is 1.26 bits per heavy atom. The third kappa shape index (κ3) is 7.93. The third-order valence-electron chi connectivity index (χ3n) is 5.62. The fourth-order valence-corrected chi connectivity index (χ4v) is 5.88. The molecule has 0 aromatic heterocycles. The molecule has 3 atom stereocenters. The zero-order valence-corrected chi connectivity index (χ0v) is 20.8. The van der Waals surface area contributed by atoms with E-state index in [1.54, 1.807) is 0 Å². The molecule has 172 valence electrons. The van der Waals surface area contributed by atoms with Crippen molar-refractivity contribution >= 4 is 20.1 Å². The molecule has 1 aliphatic heterocycles. The Morgan fingerprint density at radius 2 is 1.94 bits per heavy atom. The first-order valence-corrected chi connectivity index (χ1v) is 15.1. The minimum absolute atomic E-state index is 0.196. The van der Waals surface area contributed by atoms with E-state index in [0.717, 1.165) is 30.4 Å². The van der Waals surface area contributed by atoms with Crippen molar-refractivity contribution in [2.75, 3.05) is 6.61 Å². The van der Waals surface area contributed by atoms with Crippen molar-refractivity contribution in [3.8, 4) is 0 Å². The maximum absolute atomic E-state index is 13.6. The van der Waals surface area contributed by atoms with E-state index in [0.29, 0.717) is 19.3 Å². The van der Waals surface area contributed by atoms with Crippen LogP contribution < -0.4 is 0 Å². The van der Waals surface area contributed by atoms with Gasteiger partial charge in [-0.1, -0.05) is 87.4 Å².